The van der Waals surface area contributed by atoms with E-state index in [2.05, 4.69) is 5.32 Å². The van der Waals surface area contributed by atoms with Crippen LogP contribution in [-0.2, 0) is 21.4 Å². The van der Waals surface area contributed by atoms with Crippen LogP contribution in [-0.4, -0.2) is 21.4 Å². The maximum Gasteiger partial charge on any atom is 0.241 e. The van der Waals surface area contributed by atoms with Crippen LogP contribution in [0.3, 0.4) is 0 Å². The fourth-order valence-electron chi connectivity index (χ4n) is 1.38. The summed E-state index contributed by atoms with van der Waals surface area (Å²) in [6.45, 7) is 1.98. The highest BCUT2D eigenvalue weighted by molar-refractivity contribution is 7.89. The topological polar surface area (TPSA) is 98.5 Å². The predicted octanol–water partition coefficient (Wildman–Crippen LogP) is 0.369. The Hall–Kier alpha value is -1.60. The van der Waals surface area contributed by atoms with Gasteiger partial charge in [-0.05, 0) is 17.7 Å². The second kappa shape index (κ2) is 5.83. The monoisotopic (exact) mass is 272 g/mol. The van der Waals surface area contributed by atoms with Crippen molar-refractivity contribution in [1.29, 1.82) is 0 Å². The molecule has 1 aromatic rings. The summed E-state index contributed by atoms with van der Waals surface area (Å²) in [7, 11) is -2.49. The normalized spacial score (nSPS) is 11.1. The van der Waals surface area contributed by atoms with Gasteiger partial charge in [-0.25, -0.2) is 13.6 Å². The number of sulfonamides is 1. The first kappa shape index (κ1) is 14.5. The lowest BCUT2D eigenvalue weighted by molar-refractivity contribution is -0.120. The number of amides is 1. The van der Waals surface area contributed by atoms with Gasteiger partial charge in [0.15, 0.2) is 0 Å². The van der Waals surface area contributed by atoms with E-state index in [0.29, 0.717) is 12.0 Å². The SMILES string of the molecule is CCC(=O)NCc1ccc(OC)c(S(N)(=O)=O)c1. The van der Waals surface area contributed by atoms with Crippen LogP contribution in [0, 0.1) is 0 Å². The van der Waals surface area contributed by atoms with Crippen LogP contribution >= 0.6 is 0 Å². The van der Waals surface area contributed by atoms with E-state index in [1.54, 1.807) is 13.0 Å². The van der Waals surface area contributed by atoms with Crippen molar-refractivity contribution in [2.24, 2.45) is 5.14 Å². The predicted molar refractivity (Wildman–Crippen MR) is 66.5 cm³/mol. The van der Waals surface area contributed by atoms with Gasteiger partial charge in [-0.1, -0.05) is 13.0 Å². The highest BCUT2D eigenvalue weighted by Gasteiger charge is 2.15. The number of primary sulfonamides is 1. The van der Waals surface area contributed by atoms with Crippen molar-refractivity contribution >= 4 is 15.9 Å². The molecular weight excluding hydrogens is 256 g/mol. The molecular formula is C11H16N2O4S. The van der Waals surface area contributed by atoms with Crippen LogP contribution in [0.15, 0.2) is 23.1 Å². The molecule has 0 aliphatic carbocycles. The minimum absolute atomic E-state index is 0.0896. The van der Waals surface area contributed by atoms with Crippen molar-refractivity contribution in [3.63, 3.8) is 0 Å². The Bertz CT molecular complexity index is 540. The Kier molecular flexibility index (Phi) is 4.69. The van der Waals surface area contributed by atoms with Crippen LogP contribution in [0.25, 0.3) is 0 Å². The van der Waals surface area contributed by atoms with E-state index in [-0.39, 0.29) is 23.1 Å². The zero-order valence-electron chi connectivity index (χ0n) is 10.3. The van der Waals surface area contributed by atoms with E-state index in [9.17, 15) is 13.2 Å². The number of benzene rings is 1. The number of methoxy groups -OCH3 is 1. The number of ether oxygens (including phenoxy) is 1. The maximum atomic E-state index is 11.4. The number of nitrogens with one attached hydrogen (secondary N) is 1. The first-order valence-electron chi connectivity index (χ1n) is 5.35. The summed E-state index contributed by atoms with van der Waals surface area (Å²) in [6, 6.07) is 4.57. The van der Waals surface area contributed by atoms with Gasteiger partial charge >= 0.3 is 0 Å². The molecule has 0 radical (unpaired) electrons. The molecule has 0 aromatic heterocycles. The fraction of sp³-hybridized carbons (Fsp3) is 0.364. The van der Waals surface area contributed by atoms with Gasteiger partial charge in [0.1, 0.15) is 10.6 Å². The Morgan fingerprint density at radius 3 is 2.61 bits per heavy atom. The molecule has 7 heteroatoms. The summed E-state index contributed by atoms with van der Waals surface area (Å²) in [5, 5.41) is 7.74. The Labute approximate surface area is 106 Å². The van der Waals surface area contributed by atoms with E-state index in [1.165, 1.54) is 19.2 Å². The minimum Gasteiger partial charge on any atom is -0.495 e. The lowest BCUT2D eigenvalue weighted by Crippen LogP contribution is -2.22. The highest BCUT2D eigenvalue weighted by atomic mass is 32.2. The molecule has 3 N–H and O–H groups in total. The van der Waals surface area contributed by atoms with E-state index in [1.807, 2.05) is 0 Å². The number of hydrogen-bond acceptors (Lipinski definition) is 4. The van der Waals surface area contributed by atoms with Crippen LogP contribution in [0.2, 0.25) is 0 Å². The Morgan fingerprint density at radius 1 is 1.44 bits per heavy atom. The third-order valence-corrected chi connectivity index (χ3v) is 3.28. The standard InChI is InChI=1S/C11H16N2O4S/c1-3-11(14)13-7-8-4-5-9(17-2)10(6-8)18(12,15)16/h4-6H,3,7H2,1-2H3,(H,13,14)(H2,12,15,16). The Balaban J connectivity index is 3.00. The van der Waals surface area contributed by atoms with Crippen molar-refractivity contribution in [2.45, 2.75) is 24.8 Å². The van der Waals surface area contributed by atoms with Crippen molar-refractivity contribution in [1.82, 2.24) is 5.32 Å². The average molecular weight is 272 g/mol. The molecule has 0 spiro atoms. The van der Waals surface area contributed by atoms with Crippen molar-refractivity contribution < 1.29 is 17.9 Å². The first-order valence-corrected chi connectivity index (χ1v) is 6.89. The van der Waals surface area contributed by atoms with E-state index in [4.69, 9.17) is 9.88 Å². The van der Waals surface area contributed by atoms with Gasteiger partial charge in [0.05, 0.1) is 7.11 Å². The lowest BCUT2D eigenvalue weighted by Gasteiger charge is -2.09. The van der Waals surface area contributed by atoms with Gasteiger partial charge in [0.25, 0.3) is 0 Å². The zero-order chi connectivity index (χ0) is 13.8. The van der Waals surface area contributed by atoms with Gasteiger partial charge in [0, 0.05) is 13.0 Å². The summed E-state index contributed by atoms with van der Waals surface area (Å²) in [5.41, 5.74) is 0.640. The van der Waals surface area contributed by atoms with Gasteiger partial charge in [0.2, 0.25) is 15.9 Å². The number of nitrogens with two attached hydrogens (primary N) is 1. The zero-order valence-corrected chi connectivity index (χ0v) is 11.1. The molecule has 0 heterocycles. The smallest absolute Gasteiger partial charge is 0.241 e. The highest BCUT2D eigenvalue weighted by Crippen LogP contribution is 2.23. The molecule has 0 saturated heterocycles. The quantitative estimate of drug-likeness (QED) is 0.809. The van der Waals surface area contributed by atoms with Crippen molar-refractivity contribution in [2.75, 3.05) is 7.11 Å². The van der Waals surface area contributed by atoms with Crippen LogP contribution in [0.1, 0.15) is 18.9 Å². The minimum atomic E-state index is -3.85. The molecule has 0 saturated carbocycles. The summed E-state index contributed by atoms with van der Waals surface area (Å²) < 4.78 is 27.7. The number of rotatable bonds is 5. The van der Waals surface area contributed by atoms with Gasteiger partial charge < -0.3 is 10.1 Å². The van der Waals surface area contributed by atoms with Gasteiger partial charge in [-0.2, -0.15) is 0 Å². The maximum absolute atomic E-state index is 11.4. The molecule has 6 nitrogen and oxygen atoms in total. The summed E-state index contributed by atoms with van der Waals surface area (Å²) in [4.78, 5) is 11.0. The van der Waals surface area contributed by atoms with Crippen molar-refractivity contribution in [3.8, 4) is 5.75 Å². The summed E-state index contributed by atoms with van der Waals surface area (Å²) >= 11 is 0. The molecule has 0 fully saturated rings. The molecule has 0 bridgehead atoms. The van der Waals surface area contributed by atoms with Crippen molar-refractivity contribution in [3.05, 3.63) is 23.8 Å². The number of carbonyl (C=O) groups excluding carboxylic acids is 1. The molecule has 0 unspecified atom stereocenters. The molecule has 1 aromatic carbocycles. The van der Waals surface area contributed by atoms with Gasteiger partial charge in [-0.3, -0.25) is 4.79 Å². The molecule has 1 rings (SSSR count). The molecule has 0 atom stereocenters. The largest absolute Gasteiger partial charge is 0.495 e. The van der Waals surface area contributed by atoms with E-state index < -0.39 is 10.0 Å². The second-order valence-corrected chi connectivity index (χ2v) is 5.19. The second-order valence-electron chi connectivity index (χ2n) is 3.66. The average Bonchev–Trinajstić information content (AvgIpc) is 2.34. The molecule has 100 valence electrons. The van der Waals surface area contributed by atoms with E-state index in [0.717, 1.165) is 0 Å². The van der Waals surface area contributed by atoms with Crippen LogP contribution in [0.4, 0.5) is 0 Å². The molecule has 18 heavy (non-hydrogen) atoms. The number of hydrogen-bond donors (Lipinski definition) is 2. The molecule has 1 amide bonds. The van der Waals surface area contributed by atoms with Crippen LogP contribution in [0.5, 0.6) is 5.75 Å². The fourth-order valence-corrected chi connectivity index (χ4v) is 2.13. The Morgan fingerprint density at radius 2 is 2.11 bits per heavy atom. The lowest BCUT2D eigenvalue weighted by atomic mass is 10.2. The summed E-state index contributed by atoms with van der Waals surface area (Å²) in [5.74, 6) is 0.0750. The molecule has 0 aliphatic rings. The molecule has 0 aliphatic heterocycles. The third kappa shape index (κ3) is 3.71. The van der Waals surface area contributed by atoms with E-state index >= 15 is 0 Å². The van der Waals surface area contributed by atoms with Crippen LogP contribution < -0.4 is 15.2 Å². The third-order valence-electron chi connectivity index (χ3n) is 2.35. The number of carbonyl (C=O) groups is 1. The summed E-state index contributed by atoms with van der Waals surface area (Å²) in [6.07, 6.45) is 0.373. The first-order chi connectivity index (χ1) is 8.38. The van der Waals surface area contributed by atoms with Gasteiger partial charge in [-0.15, -0.1) is 0 Å².